The van der Waals surface area contributed by atoms with Crippen LogP contribution in [0.4, 0.5) is 0 Å². The van der Waals surface area contributed by atoms with Gasteiger partial charge in [-0.15, -0.1) is 0 Å². The quantitative estimate of drug-likeness (QED) is 0.676. The number of esters is 1. The number of benzene rings is 1. The van der Waals surface area contributed by atoms with E-state index < -0.39 is 11.6 Å². The van der Waals surface area contributed by atoms with Gasteiger partial charge in [-0.3, -0.25) is 4.79 Å². The maximum absolute atomic E-state index is 13.1. The van der Waals surface area contributed by atoms with E-state index in [-0.39, 0.29) is 17.9 Å². The molecule has 1 amide bonds. The molecular weight excluding hydrogens is 292 g/mol. The average molecular weight is 314 g/mol. The molecule has 5 heteroatoms. The fourth-order valence-corrected chi connectivity index (χ4v) is 3.60. The third-order valence-corrected chi connectivity index (χ3v) is 4.77. The highest BCUT2D eigenvalue weighted by Crippen LogP contribution is 2.33. The molecule has 23 heavy (non-hydrogen) atoms. The zero-order valence-electron chi connectivity index (χ0n) is 13.3. The zero-order chi connectivity index (χ0) is 16.4. The molecule has 3 atom stereocenters. The predicted molar refractivity (Wildman–Crippen MR) is 86.5 cm³/mol. The van der Waals surface area contributed by atoms with Crippen molar-refractivity contribution in [2.24, 2.45) is 5.73 Å². The van der Waals surface area contributed by atoms with Crippen molar-refractivity contribution < 1.29 is 14.3 Å². The predicted octanol–water partition coefficient (Wildman–Crippen LogP) is 1.42. The molecule has 2 N–H and O–H groups in total. The van der Waals surface area contributed by atoms with E-state index in [0.29, 0.717) is 12.8 Å². The number of fused-ring (bicyclic) bond motifs is 1. The van der Waals surface area contributed by atoms with E-state index in [1.54, 1.807) is 11.0 Å². The molecule has 1 saturated heterocycles. The van der Waals surface area contributed by atoms with Gasteiger partial charge in [-0.25, -0.2) is 4.79 Å². The van der Waals surface area contributed by atoms with E-state index in [4.69, 9.17) is 10.5 Å². The smallest absolute Gasteiger partial charge is 0.328 e. The highest BCUT2D eigenvalue weighted by molar-refractivity contribution is 5.93. The van der Waals surface area contributed by atoms with Crippen molar-refractivity contribution in [3.8, 4) is 0 Å². The van der Waals surface area contributed by atoms with Crippen molar-refractivity contribution in [2.45, 2.75) is 43.3 Å². The molecule has 1 aromatic carbocycles. The molecular formula is C18H22N2O3. The van der Waals surface area contributed by atoms with E-state index >= 15 is 0 Å². The van der Waals surface area contributed by atoms with E-state index in [9.17, 15) is 9.59 Å². The first-order valence-electron chi connectivity index (χ1n) is 7.96. The Morgan fingerprint density at radius 1 is 1.35 bits per heavy atom. The molecule has 0 bridgehead atoms. The molecule has 0 radical (unpaired) electrons. The molecule has 1 aromatic rings. The van der Waals surface area contributed by atoms with Crippen LogP contribution in [0.1, 0.15) is 24.8 Å². The summed E-state index contributed by atoms with van der Waals surface area (Å²) in [6, 6.07) is 9.22. The Labute approximate surface area is 136 Å². The Bertz CT molecular complexity index is 628. The van der Waals surface area contributed by atoms with Crippen molar-refractivity contribution >= 4 is 11.9 Å². The lowest BCUT2D eigenvalue weighted by Crippen LogP contribution is -2.58. The fourth-order valence-electron chi connectivity index (χ4n) is 3.60. The monoisotopic (exact) mass is 314 g/mol. The van der Waals surface area contributed by atoms with Gasteiger partial charge in [-0.2, -0.15) is 0 Å². The Hall–Kier alpha value is -2.14. The van der Waals surface area contributed by atoms with Gasteiger partial charge in [0.2, 0.25) is 5.91 Å². The van der Waals surface area contributed by atoms with E-state index in [1.807, 2.05) is 36.4 Å². The summed E-state index contributed by atoms with van der Waals surface area (Å²) < 4.78 is 4.86. The molecule has 0 aromatic heterocycles. The number of rotatable bonds is 3. The van der Waals surface area contributed by atoms with Gasteiger partial charge in [-0.1, -0.05) is 42.5 Å². The van der Waals surface area contributed by atoms with Crippen LogP contribution in [0.2, 0.25) is 0 Å². The molecule has 2 aliphatic rings. The summed E-state index contributed by atoms with van der Waals surface area (Å²) in [5.41, 5.74) is 6.35. The Morgan fingerprint density at radius 3 is 2.78 bits per heavy atom. The lowest BCUT2D eigenvalue weighted by Gasteiger charge is -2.34. The van der Waals surface area contributed by atoms with Crippen LogP contribution in [0.15, 0.2) is 42.5 Å². The molecule has 0 unspecified atom stereocenters. The van der Waals surface area contributed by atoms with Crippen molar-refractivity contribution in [2.75, 3.05) is 7.11 Å². The molecule has 2 aliphatic heterocycles. The third-order valence-electron chi connectivity index (χ3n) is 4.77. The second-order valence-corrected chi connectivity index (χ2v) is 6.32. The van der Waals surface area contributed by atoms with Gasteiger partial charge in [-0.05, 0) is 24.8 Å². The number of hydrogen-bond donors (Lipinski definition) is 1. The van der Waals surface area contributed by atoms with Crippen LogP contribution in [0.3, 0.4) is 0 Å². The largest absolute Gasteiger partial charge is 0.467 e. The van der Waals surface area contributed by atoms with Gasteiger partial charge in [0, 0.05) is 12.5 Å². The number of carbonyl (C=O) groups excluding carboxylic acids is 2. The first-order chi connectivity index (χ1) is 11.0. The van der Waals surface area contributed by atoms with Gasteiger partial charge in [0.25, 0.3) is 0 Å². The average Bonchev–Trinajstić information content (AvgIpc) is 2.93. The van der Waals surface area contributed by atoms with Crippen molar-refractivity contribution in [3.05, 3.63) is 48.0 Å². The van der Waals surface area contributed by atoms with Crippen molar-refractivity contribution in [1.29, 1.82) is 0 Å². The second kappa shape index (κ2) is 6.16. The summed E-state index contributed by atoms with van der Waals surface area (Å²) in [6.45, 7) is 0. The maximum Gasteiger partial charge on any atom is 0.328 e. The fraction of sp³-hybridized carbons (Fsp3) is 0.444. The topological polar surface area (TPSA) is 72.6 Å². The van der Waals surface area contributed by atoms with E-state index in [0.717, 1.165) is 18.4 Å². The summed E-state index contributed by atoms with van der Waals surface area (Å²) >= 11 is 0. The Morgan fingerprint density at radius 2 is 2.09 bits per heavy atom. The van der Waals surface area contributed by atoms with E-state index in [2.05, 4.69) is 0 Å². The lowest BCUT2D eigenvalue weighted by molar-refractivity contribution is -0.153. The summed E-state index contributed by atoms with van der Waals surface area (Å²) in [5.74, 6) is -0.544. The van der Waals surface area contributed by atoms with Gasteiger partial charge >= 0.3 is 5.97 Å². The van der Waals surface area contributed by atoms with Gasteiger partial charge in [0.05, 0.1) is 7.11 Å². The van der Waals surface area contributed by atoms with E-state index in [1.165, 1.54) is 7.11 Å². The van der Waals surface area contributed by atoms with Gasteiger partial charge in [0.1, 0.15) is 11.6 Å². The molecule has 2 heterocycles. The minimum absolute atomic E-state index is 0.0315. The summed E-state index contributed by atoms with van der Waals surface area (Å²) in [6.07, 6.45) is 6.36. The summed E-state index contributed by atoms with van der Waals surface area (Å²) in [5, 5.41) is 0. The minimum atomic E-state index is -1.12. The molecule has 5 nitrogen and oxygen atoms in total. The maximum atomic E-state index is 13.1. The first kappa shape index (κ1) is 15.7. The van der Waals surface area contributed by atoms with Crippen LogP contribution in [0.25, 0.3) is 0 Å². The van der Waals surface area contributed by atoms with Crippen molar-refractivity contribution in [1.82, 2.24) is 4.90 Å². The van der Waals surface area contributed by atoms with Crippen LogP contribution in [-0.4, -0.2) is 41.5 Å². The lowest BCUT2D eigenvalue weighted by atomic mass is 9.90. The highest BCUT2D eigenvalue weighted by atomic mass is 16.5. The Kier molecular flexibility index (Phi) is 4.22. The molecule has 0 spiro atoms. The highest BCUT2D eigenvalue weighted by Gasteiger charge is 2.48. The second-order valence-electron chi connectivity index (χ2n) is 6.32. The molecule has 122 valence electrons. The standard InChI is InChI=1S/C18H22N2O3/c1-23-16(21)15-10-9-14-8-5-11-18(19,17(22)20(14)15)12-13-6-3-2-4-7-13/h2-7,11,14-15H,8-10,12,19H2,1H3/t14-,15-,18-/m0/s1. The number of methoxy groups -OCH3 is 1. The minimum Gasteiger partial charge on any atom is -0.467 e. The van der Waals surface area contributed by atoms with Crippen molar-refractivity contribution in [3.63, 3.8) is 0 Å². The number of nitrogens with two attached hydrogens (primary N) is 1. The molecule has 3 rings (SSSR count). The van der Waals surface area contributed by atoms with Gasteiger partial charge in [0.15, 0.2) is 0 Å². The molecule has 1 fully saturated rings. The summed E-state index contributed by atoms with van der Waals surface area (Å²) in [4.78, 5) is 26.8. The molecule has 0 aliphatic carbocycles. The van der Waals surface area contributed by atoms with Gasteiger partial charge < -0.3 is 15.4 Å². The Balaban J connectivity index is 1.90. The number of nitrogens with zero attached hydrogens (tertiary/aromatic N) is 1. The van der Waals surface area contributed by atoms with Crippen LogP contribution in [0, 0.1) is 0 Å². The number of carbonyl (C=O) groups is 2. The van der Waals surface area contributed by atoms with Crippen LogP contribution in [-0.2, 0) is 20.7 Å². The summed E-state index contributed by atoms with van der Waals surface area (Å²) in [7, 11) is 1.36. The number of amides is 1. The normalized spacial score (nSPS) is 30.0. The van der Waals surface area contributed by atoms with Crippen LogP contribution >= 0.6 is 0 Å². The molecule has 0 saturated carbocycles. The SMILES string of the molecule is COC(=O)[C@@H]1CC[C@@H]2CC=C[C@](N)(Cc3ccccc3)C(=O)N21. The zero-order valence-corrected chi connectivity index (χ0v) is 13.3. The third kappa shape index (κ3) is 2.88. The number of ether oxygens (including phenoxy) is 1. The number of hydrogen-bond acceptors (Lipinski definition) is 4. The first-order valence-corrected chi connectivity index (χ1v) is 7.96. The van der Waals surface area contributed by atoms with Crippen LogP contribution in [0.5, 0.6) is 0 Å². The van der Waals surface area contributed by atoms with Crippen LogP contribution < -0.4 is 5.73 Å².